The van der Waals surface area contributed by atoms with Gasteiger partial charge >= 0.3 is 0 Å². The normalized spacial score (nSPS) is 19.5. The van der Waals surface area contributed by atoms with Crippen molar-refractivity contribution in [3.8, 4) is 17.0 Å². The van der Waals surface area contributed by atoms with E-state index in [2.05, 4.69) is 70.7 Å². The quantitative estimate of drug-likeness (QED) is 0.549. The highest BCUT2D eigenvalue weighted by Gasteiger charge is 2.29. The number of likely N-dealkylation sites (tertiary alicyclic amines) is 1. The SMILES string of the molecule is CCc1cccc(CC)c1-c1cc(OC)c(CN2CCC(C)CC(C)(C)C2)c(C)n1. The van der Waals surface area contributed by atoms with Gasteiger partial charge in [0.15, 0.2) is 0 Å². The molecule has 3 rings (SSSR count). The molecule has 1 saturated heterocycles. The molecule has 3 nitrogen and oxygen atoms in total. The smallest absolute Gasteiger partial charge is 0.127 e. The average molecular weight is 409 g/mol. The summed E-state index contributed by atoms with van der Waals surface area (Å²) in [7, 11) is 1.79. The minimum Gasteiger partial charge on any atom is -0.496 e. The molecule has 0 radical (unpaired) electrons. The van der Waals surface area contributed by atoms with Crippen LogP contribution >= 0.6 is 0 Å². The van der Waals surface area contributed by atoms with Crippen LogP contribution in [0.5, 0.6) is 5.75 Å². The third-order valence-electron chi connectivity index (χ3n) is 6.64. The van der Waals surface area contributed by atoms with Crippen molar-refractivity contribution in [2.75, 3.05) is 20.2 Å². The van der Waals surface area contributed by atoms with Crippen molar-refractivity contribution in [2.24, 2.45) is 11.3 Å². The number of rotatable bonds is 6. The molecule has 1 unspecified atom stereocenters. The molecule has 1 aliphatic rings. The van der Waals surface area contributed by atoms with Crippen LogP contribution in [0.2, 0.25) is 0 Å². The maximum Gasteiger partial charge on any atom is 0.127 e. The molecule has 0 amide bonds. The number of hydrogen-bond acceptors (Lipinski definition) is 3. The average Bonchev–Trinajstić information content (AvgIpc) is 2.84. The Morgan fingerprint density at radius 3 is 2.43 bits per heavy atom. The zero-order valence-corrected chi connectivity index (χ0v) is 20.1. The molecular weight excluding hydrogens is 368 g/mol. The van der Waals surface area contributed by atoms with Gasteiger partial charge in [0.25, 0.3) is 0 Å². The first kappa shape index (κ1) is 22.8. The summed E-state index contributed by atoms with van der Waals surface area (Å²) >= 11 is 0. The second kappa shape index (κ2) is 9.51. The molecule has 2 heterocycles. The Bertz CT molecular complexity index is 849. The lowest BCUT2D eigenvalue weighted by Gasteiger charge is -2.30. The van der Waals surface area contributed by atoms with Gasteiger partial charge in [-0.3, -0.25) is 9.88 Å². The number of aryl methyl sites for hydroxylation is 3. The fraction of sp³-hybridized carbons (Fsp3) is 0.593. The standard InChI is InChI=1S/C27H40N2O/c1-8-21-11-10-12-22(9-2)26(21)24-15-25(30-7)23(20(4)28-24)17-29-14-13-19(3)16-27(5,6)18-29/h10-12,15,19H,8-9,13-14,16-18H2,1-7H3. The van der Waals surface area contributed by atoms with Crippen molar-refractivity contribution < 1.29 is 4.74 Å². The van der Waals surface area contributed by atoms with Crippen LogP contribution in [0.25, 0.3) is 11.3 Å². The van der Waals surface area contributed by atoms with E-state index in [4.69, 9.17) is 9.72 Å². The Hall–Kier alpha value is -1.87. The van der Waals surface area contributed by atoms with Crippen molar-refractivity contribution in [2.45, 2.75) is 73.8 Å². The van der Waals surface area contributed by atoms with Gasteiger partial charge in [-0.15, -0.1) is 0 Å². The summed E-state index contributed by atoms with van der Waals surface area (Å²) in [6, 6.07) is 8.79. The highest BCUT2D eigenvalue weighted by atomic mass is 16.5. The van der Waals surface area contributed by atoms with Gasteiger partial charge in [0.2, 0.25) is 0 Å². The number of pyridine rings is 1. The van der Waals surface area contributed by atoms with Gasteiger partial charge < -0.3 is 4.74 Å². The lowest BCUT2D eigenvalue weighted by molar-refractivity contribution is 0.184. The number of nitrogens with zero attached hydrogens (tertiary/aromatic N) is 2. The summed E-state index contributed by atoms with van der Waals surface area (Å²) in [4.78, 5) is 7.71. The molecule has 0 saturated carbocycles. The van der Waals surface area contributed by atoms with Crippen LogP contribution in [0.1, 0.15) is 69.8 Å². The first-order valence-electron chi connectivity index (χ1n) is 11.7. The second-order valence-electron chi connectivity index (χ2n) is 9.90. The molecule has 30 heavy (non-hydrogen) atoms. The number of methoxy groups -OCH3 is 1. The maximum absolute atomic E-state index is 5.91. The van der Waals surface area contributed by atoms with Crippen molar-refractivity contribution in [1.29, 1.82) is 0 Å². The van der Waals surface area contributed by atoms with Gasteiger partial charge in [-0.1, -0.05) is 52.8 Å². The van der Waals surface area contributed by atoms with Crippen LogP contribution in [-0.2, 0) is 19.4 Å². The van der Waals surface area contributed by atoms with Gasteiger partial charge in [0, 0.05) is 36.0 Å². The molecular formula is C27H40N2O. The van der Waals surface area contributed by atoms with Crippen LogP contribution < -0.4 is 4.74 Å². The molecule has 0 N–H and O–H groups in total. The number of ether oxygens (including phenoxy) is 1. The minimum absolute atomic E-state index is 0.348. The summed E-state index contributed by atoms with van der Waals surface area (Å²) in [6.07, 6.45) is 4.58. The van der Waals surface area contributed by atoms with Crippen LogP contribution in [0.3, 0.4) is 0 Å². The van der Waals surface area contributed by atoms with Gasteiger partial charge in [-0.2, -0.15) is 0 Å². The highest BCUT2D eigenvalue weighted by Crippen LogP contribution is 2.36. The Morgan fingerprint density at radius 1 is 1.17 bits per heavy atom. The Kier molecular flexibility index (Phi) is 7.23. The molecule has 1 aromatic heterocycles. The Morgan fingerprint density at radius 2 is 1.83 bits per heavy atom. The van der Waals surface area contributed by atoms with Crippen molar-refractivity contribution >= 4 is 0 Å². The summed E-state index contributed by atoms with van der Waals surface area (Å²) in [6.45, 7) is 17.0. The molecule has 1 aromatic carbocycles. The number of hydrogen-bond donors (Lipinski definition) is 0. The first-order chi connectivity index (χ1) is 14.3. The van der Waals surface area contributed by atoms with Gasteiger partial charge in [-0.25, -0.2) is 0 Å². The fourth-order valence-electron chi connectivity index (χ4n) is 5.30. The highest BCUT2D eigenvalue weighted by molar-refractivity contribution is 5.70. The van der Waals surface area contributed by atoms with E-state index in [1.807, 2.05) is 0 Å². The van der Waals surface area contributed by atoms with Gasteiger partial charge in [0.1, 0.15) is 5.75 Å². The molecule has 2 aromatic rings. The predicted molar refractivity (Wildman–Crippen MR) is 127 cm³/mol. The third kappa shape index (κ3) is 5.06. The maximum atomic E-state index is 5.91. The van der Waals surface area contributed by atoms with E-state index < -0.39 is 0 Å². The summed E-state index contributed by atoms with van der Waals surface area (Å²) in [5, 5.41) is 0. The predicted octanol–water partition coefficient (Wildman–Crippen LogP) is 6.45. The van der Waals surface area contributed by atoms with Crippen LogP contribution in [0, 0.1) is 18.3 Å². The van der Waals surface area contributed by atoms with E-state index in [9.17, 15) is 0 Å². The molecule has 1 aliphatic heterocycles. The molecule has 164 valence electrons. The monoisotopic (exact) mass is 408 g/mol. The number of aromatic nitrogens is 1. The molecule has 0 bridgehead atoms. The van der Waals surface area contributed by atoms with E-state index in [1.54, 1.807) is 7.11 Å². The van der Waals surface area contributed by atoms with Crippen molar-refractivity contribution in [3.63, 3.8) is 0 Å². The molecule has 3 heteroatoms. The van der Waals surface area contributed by atoms with E-state index in [0.29, 0.717) is 5.41 Å². The second-order valence-corrected chi connectivity index (χ2v) is 9.90. The largest absolute Gasteiger partial charge is 0.496 e. The summed E-state index contributed by atoms with van der Waals surface area (Å²) in [5.41, 5.74) is 7.73. The van der Waals surface area contributed by atoms with E-state index in [0.717, 1.165) is 55.5 Å². The van der Waals surface area contributed by atoms with Crippen LogP contribution in [-0.4, -0.2) is 30.1 Å². The Balaban J connectivity index is 1.98. The van der Waals surface area contributed by atoms with Gasteiger partial charge in [0.05, 0.1) is 12.8 Å². The summed E-state index contributed by atoms with van der Waals surface area (Å²) < 4.78 is 5.91. The molecule has 0 spiro atoms. The van der Waals surface area contributed by atoms with E-state index >= 15 is 0 Å². The zero-order chi connectivity index (χ0) is 21.9. The fourth-order valence-corrected chi connectivity index (χ4v) is 5.30. The summed E-state index contributed by atoms with van der Waals surface area (Å²) in [5.74, 6) is 1.76. The van der Waals surface area contributed by atoms with Crippen molar-refractivity contribution in [3.05, 3.63) is 46.6 Å². The third-order valence-corrected chi connectivity index (χ3v) is 6.64. The van der Waals surface area contributed by atoms with Crippen LogP contribution in [0.15, 0.2) is 24.3 Å². The van der Waals surface area contributed by atoms with E-state index in [-0.39, 0.29) is 0 Å². The van der Waals surface area contributed by atoms with Crippen LogP contribution in [0.4, 0.5) is 0 Å². The minimum atomic E-state index is 0.348. The molecule has 1 atom stereocenters. The lowest BCUT2D eigenvalue weighted by Crippen LogP contribution is -2.32. The zero-order valence-electron chi connectivity index (χ0n) is 20.1. The Labute approximate surface area is 183 Å². The molecule has 0 aliphatic carbocycles. The van der Waals surface area contributed by atoms with Crippen molar-refractivity contribution in [1.82, 2.24) is 9.88 Å². The first-order valence-corrected chi connectivity index (χ1v) is 11.7. The van der Waals surface area contributed by atoms with Gasteiger partial charge in [-0.05, 0) is 61.6 Å². The molecule has 1 fully saturated rings. The topological polar surface area (TPSA) is 25.4 Å². The number of benzene rings is 1. The lowest BCUT2D eigenvalue weighted by atomic mass is 9.83. The van der Waals surface area contributed by atoms with E-state index in [1.165, 1.54) is 35.1 Å².